The van der Waals surface area contributed by atoms with Crippen molar-refractivity contribution in [2.75, 3.05) is 5.75 Å². The van der Waals surface area contributed by atoms with Crippen LogP contribution in [0.25, 0.3) is 0 Å². The average Bonchev–Trinajstić information content (AvgIpc) is 2.87. The second kappa shape index (κ2) is 7.09. The number of hydrogen-bond acceptors (Lipinski definition) is 4. The fourth-order valence-corrected chi connectivity index (χ4v) is 3.69. The van der Waals surface area contributed by atoms with Gasteiger partial charge in [0.1, 0.15) is 0 Å². The van der Waals surface area contributed by atoms with Gasteiger partial charge in [-0.1, -0.05) is 49.0 Å². The van der Waals surface area contributed by atoms with Crippen LogP contribution >= 0.6 is 11.8 Å². The molecule has 22 heavy (non-hydrogen) atoms. The normalized spacial score (nSPS) is 26.1. The van der Waals surface area contributed by atoms with Crippen molar-refractivity contribution in [2.24, 2.45) is 16.1 Å². The Morgan fingerprint density at radius 1 is 1.27 bits per heavy atom. The number of carbonyl (C=O) groups excluding carboxylic acids is 1. The Labute approximate surface area is 135 Å². The molecular weight excluding hydrogens is 294 g/mol. The molecule has 1 unspecified atom stereocenters. The summed E-state index contributed by atoms with van der Waals surface area (Å²) in [7, 11) is 0. The van der Waals surface area contributed by atoms with Crippen molar-refractivity contribution in [3.8, 4) is 0 Å². The molecule has 1 aromatic carbocycles. The molecule has 1 saturated carbocycles. The molecule has 1 amide bonds. The molecule has 116 valence electrons. The molecular formula is C17H21N3OS. The Morgan fingerprint density at radius 3 is 2.86 bits per heavy atom. The van der Waals surface area contributed by atoms with E-state index in [0.29, 0.717) is 18.2 Å². The third-order valence-corrected chi connectivity index (χ3v) is 5.02. The van der Waals surface area contributed by atoms with Gasteiger partial charge in [-0.15, -0.1) is 5.10 Å². The molecule has 3 rings (SSSR count). The molecule has 1 aliphatic carbocycles. The highest BCUT2D eigenvalue weighted by atomic mass is 32.2. The van der Waals surface area contributed by atoms with Gasteiger partial charge in [0, 0.05) is 5.71 Å². The number of hydrogen-bond donors (Lipinski definition) is 0. The summed E-state index contributed by atoms with van der Waals surface area (Å²) in [4.78, 5) is 13.8. The van der Waals surface area contributed by atoms with Gasteiger partial charge in [0.25, 0.3) is 0 Å². The maximum atomic E-state index is 12.1. The number of benzene rings is 1. The number of rotatable bonds is 3. The minimum atomic E-state index is 0.116. The first-order valence-electron chi connectivity index (χ1n) is 7.83. The molecule has 2 fully saturated rings. The summed E-state index contributed by atoms with van der Waals surface area (Å²) in [5.74, 6) is 1.28. The van der Waals surface area contributed by atoms with E-state index in [0.717, 1.165) is 23.6 Å². The Morgan fingerprint density at radius 2 is 2.09 bits per heavy atom. The topological polar surface area (TPSA) is 45.0 Å². The zero-order chi connectivity index (χ0) is 15.4. The molecule has 1 atom stereocenters. The quantitative estimate of drug-likeness (QED) is 0.799. The summed E-state index contributed by atoms with van der Waals surface area (Å²) >= 11 is 1.49. The molecule has 1 aromatic rings. The van der Waals surface area contributed by atoms with Crippen LogP contribution in [-0.2, 0) is 11.3 Å². The molecule has 5 heteroatoms. The lowest BCUT2D eigenvalue weighted by Crippen LogP contribution is -2.28. The van der Waals surface area contributed by atoms with Gasteiger partial charge in [-0.2, -0.15) is 5.10 Å². The first-order valence-corrected chi connectivity index (χ1v) is 8.81. The maximum absolute atomic E-state index is 12.1. The molecule has 0 aromatic heterocycles. The van der Waals surface area contributed by atoms with Gasteiger partial charge in [-0.05, 0) is 37.2 Å². The number of thioether (sulfide) groups is 1. The molecule has 2 aliphatic rings. The molecule has 0 N–H and O–H groups in total. The largest absolute Gasteiger partial charge is 0.285 e. The van der Waals surface area contributed by atoms with Crippen molar-refractivity contribution in [3.05, 3.63) is 35.9 Å². The van der Waals surface area contributed by atoms with Gasteiger partial charge in [-0.3, -0.25) is 9.69 Å². The predicted molar refractivity (Wildman–Crippen MR) is 92.0 cm³/mol. The second-order valence-corrected chi connectivity index (χ2v) is 6.95. The van der Waals surface area contributed by atoms with Crippen LogP contribution in [0.1, 0.15) is 38.2 Å². The van der Waals surface area contributed by atoms with Crippen LogP contribution in [0.3, 0.4) is 0 Å². The van der Waals surface area contributed by atoms with E-state index >= 15 is 0 Å². The lowest BCUT2D eigenvalue weighted by atomic mass is 9.89. The number of amidine groups is 1. The SMILES string of the molecule is CC1CCC/C(=N\N=C2\SCC(=O)N2Cc2ccccc2)C1. The van der Waals surface area contributed by atoms with Crippen LogP contribution in [0.2, 0.25) is 0 Å². The van der Waals surface area contributed by atoms with Gasteiger partial charge >= 0.3 is 0 Å². The van der Waals surface area contributed by atoms with Gasteiger partial charge in [0.15, 0.2) is 5.17 Å². The van der Waals surface area contributed by atoms with Gasteiger partial charge in [0.05, 0.1) is 12.3 Å². The highest BCUT2D eigenvalue weighted by Crippen LogP contribution is 2.24. The standard InChI is InChI=1S/C17H21N3OS/c1-13-6-5-9-15(10-13)18-19-17-20(16(21)12-22-17)11-14-7-3-2-4-8-14/h2-4,7-8,13H,5-6,9-12H2,1H3/b18-15+,19-17+. The molecule has 4 nitrogen and oxygen atoms in total. The van der Waals surface area contributed by atoms with Crippen molar-refractivity contribution in [3.63, 3.8) is 0 Å². The number of carbonyl (C=O) groups is 1. The van der Waals surface area contributed by atoms with Crippen LogP contribution in [0.15, 0.2) is 40.5 Å². The third kappa shape index (κ3) is 3.77. The zero-order valence-electron chi connectivity index (χ0n) is 12.9. The summed E-state index contributed by atoms with van der Waals surface area (Å²) in [5.41, 5.74) is 2.29. The molecule has 1 aliphatic heterocycles. The molecule has 0 radical (unpaired) electrons. The number of amides is 1. The first kappa shape index (κ1) is 15.3. The van der Waals surface area contributed by atoms with Crippen LogP contribution in [0, 0.1) is 5.92 Å². The summed E-state index contributed by atoms with van der Waals surface area (Å²) < 4.78 is 0. The van der Waals surface area contributed by atoms with Crippen LogP contribution < -0.4 is 0 Å². The highest BCUT2D eigenvalue weighted by Gasteiger charge is 2.28. The summed E-state index contributed by atoms with van der Waals surface area (Å²) in [6, 6.07) is 10.0. The van der Waals surface area contributed by atoms with Crippen molar-refractivity contribution in [1.29, 1.82) is 0 Å². The van der Waals surface area contributed by atoms with E-state index < -0.39 is 0 Å². The predicted octanol–water partition coefficient (Wildman–Crippen LogP) is 3.68. The van der Waals surface area contributed by atoms with Gasteiger partial charge < -0.3 is 0 Å². The first-order chi connectivity index (χ1) is 10.7. The molecule has 1 heterocycles. The van der Waals surface area contributed by atoms with Crippen molar-refractivity contribution < 1.29 is 4.79 Å². The summed E-state index contributed by atoms with van der Waals surface area (Å²) in [6.45, 7) is 2.84. The summed E-state index contributed by atoms with van der Waals surface area (Å²) in [5, 5.41) is 9.55. The van der Waals surface area contributed by atoms with E-state index in [9.17, 15) is 4.79 Å². The van der Waals surface area contributed by atoms with E-state index in [1.165, 1.54) is 30.3 Å². The fourth-order valence-electron chi connectivity index (χ4n) is 2.86. The monoisotopic (exact) mass is 315 g/mol. The lowest BCUT2D eigenvalue weighted by Gasteiger charge is -2.18. The average molecular weight is 315 g/mol. The minimum absolute atomic E-state index is 0.116. The van der Waals surface area contributed by atoms with Crippen molar-refractivity contribution >= 4 is 28.5 Å². The molecule has 1 saturated heterocycles. The minimum Gasteiger partial charge on any atom is -0.285 e. The summed E-state index contributed by atoms with van der Waals surface area (Å²) in [6.07, 6.45) is 4.56. The second-order valence-electron chi connectivity index (χ2n) is 6.00. The Kier molecular flexibility index (Phi) is 4.93. The Balaban J connectivity index is 1.72. The van der Waals surface area contributed by atoms with Crippen LogP contribution in [0.4, 0.5) is 0 Å². The zero-order valence-corrected chi connectivity index (χ0v) is 13.7. The molecule has 0 bridgehead atoms. The van der Waals surface area contributed by atoms with Crippen molar-refractivity contribution in [1.82, 2.24) is 4.90 Å². The van der Waals surface area contributed by atoms with Crippen molar-refractivity contribution in [2.45, 2.75) is 39.2 Å². The highest BCUT2D eigenvalue weighted by molar-refractivity contribution is 8.15. The smallest absolute Gasteiger partial charge is 0.239 e. The lowest BCUT2D eigenvalue weighted by molar-refractivity contribution is -0.124. The van der Waals surface area contributed by atoms with E-state index in [-0.39, 0.29) is 5.91 Å². The number of nitrogens with zero attached hydrogens (tertiary/aromatic N) is 3. The fraction of sp³-hybridized carbons (Fsp3) is 0.471. The van der Waals surface area contributed by atoms with E-state index in [2.05, 4.69) is 17.1 Å². The van der Waals surface area contributed by atoms with E-state index in [1.54, 1.807) is 4.90 Å². The van der Waals surface area contributed by atoms with Crippen LogP contribution in [0.5, 0.6) is 0 Å². The Hall–Kier alpha value is -1.62. The maximum Gasteiger partial charge on any atom is 0.239 e. The van der Waals surface area contributed by atoms with Gasteiger partial charge in [0.2, 0.25) is 5.91 Å². The van der Waals surface area contributed by atoms with E-state index in [1.807, 2.05) is 30.3 Å². The van der Waals surface area contributed by atoms with Gasteiger partial charge in [-0.25, -0.2) is 0 Å². The van der Waals surface area contributed by atoms with E-state index in [4.69, 9.17) is 0 Å². The third-order valence-electron chi connectivity index (χ3n) is 4.06. The molecule has 0 spiro atoms. The Bertz CT molecular complexity index is 597. The van der Waals surface area contributed by atoms with Crippen LogP contribution in [-0.4, -0.2) is 27.4 Å².